The maximum Gasteiger partial charge on any atom is 0.232 e. The smallest absolute Gasteiger partial charge is 0.232 e. The predicted molar refractivity (Wildman–Crippen MR) is 93.5 cm³/mol. The van der Waals surface area contributed by atoms with E-state index in [2.05, 4.69) is 5.32 Å². The zero-order chi connectivity index (χ0) is 17.2. The molecule has 1 amide bonds. The molecule has 128 valence electrons. The quantitative estimate of drug-likeness (QED) is 0.850. The van der Waals surface area contributed by atoms with Gasteiger partial charge in [-0.15, -0.1) is 0 Å². The number of nitrogens with zero attached hydrogens (tertiary/aromatic N) is 1. The molecular formula is C16H23ClN2O3S. The van der Waals surface area contributed by atoms with Crippen molar-refractivity contribution in [2.75, 3.05) is 23.7 Å². The second-order valence-corrected chi connectivity index (χ2v) is 8.48. The molecule has 1 fully saturated rings. The van der Waals surface area contributed by atoms with Gasteiger partial charge >= 0.3 is 0 Å². The van der Waals surface area contributed by atoms with E-state index in [0.29, 0.717) is 10.7 Å². The van der Waals surface area contributed by atoms with Crippen LogP contribution in [-0.2, 0) is 14.8 Å². The fourth-order valence-corrected chi connectivity index (χ4v) is 4.23. The molecule has 1 N–H and O–H groups in total. The minimum Gasteiger partial charge on any atom is -0.354 e. The summed E-state index contributed by atoms with van der Waals surface area (Å²) in [7, 11) is -3.49. The summed E-state index contributed by atoms with van der Waals surface area (Å²) in [4.78, 5) is 11.9. The van der Waals surface area contributed by atoms with E-state index < -0.39 is 10.0 Å². The monoisotopic (exact) mass is 358 g/mol. The summed E-state index contributed by atoms with van der Waals surface area (Å²) >= 11 is 6.27. The molecular weight excluding hydrogens is 336 g/mol. The van der Waals surface area contributed by atoms with Gasteiger partial charge in [-0.05, 0) is 43.9 Å². The number of carbonyl (C=O) groups is 1. The number of aryl methyl sites for hydroxylation is 2. The molecule has 1 aromatic carbocycles. The number of carbonyl (C=O) groups excluding carboxylic acids is 1. The largest absolute Gasteiger partial charge is 0.354 e. The first kappa shape index (κ1) is 18.1. The minimum atomic E-state index is -3.49. The summed E-state index contributed by atoms with van der Waals surface area (Å²) < 4.78 is 25.6. The number of hydrogen-bond donors (Lipinski definition) is 1. The van der Waals surface area contributed by atoms with Crippen molar-refractivity contribution in [1.29, 1.82) is 0 Å². The van der Waals surface area contributed by atoms with Gasteiger partial charge in [0.2, 0.25) is 15.9 Å². The van der Waals surface area contributed by atoms with Crippen molar-refractivity contribution in [3.63, 3.8) is 0 Å². The second kappa shape index (κ2) is 7.09. The second-order valence-electron chi connectivity index (χ2n) is 6.17. The molecule has 1 aromatic rings. The average molecular weight is 359 g/mol. The van der Waals surface area contributed by atoms with Crippen molar-refractivity contribution >= 4 is 33.2 Å². The Bertz CT molecular complexity index is 676. The summed E-state index contributed by atoms with van der Waals surface area (Å²) in [5.74, 6) is 0.0998. The van der Waals surface area contributed by atoms with Crippen LogP contribution >= 0.6 is 11.6 Å². The van der Waals surface area contributed by atoms with Crippen LogP contribution in [0, 0.1) is 19.8 Å². The van der Waals surface area contributed by atoms with E-state index in [0.717, 1.165) is 36.6 Å². The molecule has 0 aliphatic heterocycles. The number of benzene rings is 1. The Hall–Kier alpha value is -1.27. The van der Waals surface area contributed by atoms with E-state index in [-0.39, 0.29) is 24.9 Å². The molecule has 7 heteroatoms. The van der Waals surface area contributed by atoms with Crippen molar-refractivity contribution in [2.45, 2.75) is 33.1 Å². The fraction of sp³-hybridized carbons (Fsp3) is 0.562. The first-order valence-electron chi connectivity index (χ1n) is 7.72. The normalized spacial score (nSPS) is 15.1. The first-order valence-corrected chi connectivity index (χ1v) is 9.95. The van der Waals surface area contributed by atoms with Gasteiger partial charge in [-0.2, -0.15) is 0 Å². The minimum absolute atomic E-state index is 0.0106. The van der Waals surface area contributed by atoms with Crippen LogP contribution in [0.1, 0.15) is 30.4 Å². The third-order valence-corrected chi connectivity index (χ3v) is 5.59. The van der Waals surface area contributed by atoms with Crippen LogP contribution in [-0.4, -0.2) is 33.7 Å². The number of anilines is 1. The highest BCUT2D eigenvalue weighted by molar-refractivity contribution is 7.92. The molecule has 0 radical (unpaired) electrons. The first-order chi connectivity index (χ1) is 10.7. The molecule has 1 saturated carbocycles. The Labute approximate surface area is 143 Å². The summed E-state index contributed by atoms with van der Waals surface area (Å²) in [6.07, 6.45) is 4.08. The fourth-order valence-electron chi connectivity index (χ4n) is 2.76. The van der Waals surface area contributed by atoms with E-state index in [9.17, 15) is 13.2 Å². The van der Waals surface area contributed by atoms with Gasteiger partial charge in [0, 0.05) is 12.5 Å². The van der Waals surface area contributed by atoms with Gasteiger partial charge in [-0.25, -0.2) is 8.42 Å². The molecule has 0 bridgehead atoms. The number of sulfonamides is 1. The highest BCUT2D eigenvalue weighted by Gasteiger charge is 2.26. The lowest BCUT2D eigenvalue weighted by atomic mass is 9.85. The molecule has 2 rings (SSSR count). The van der Waals surface area contributed by atoms with Gasteiger partial charge in [-0.1, -0.05) is 24.1 Å². The van der Waals surface area contributed by atoms with E-state index in [4.69, 9.17) is 11.6 Å². The molecule has 0 atom stereocenters. The van der Waals surface area contributed by atoms with Gasteiger partial charge in [0.25, 0.3) is 0 Å². The van der Waals surface area contributed by atoms with Gasteiger partial charge in [0.1, 0.15) is 0 Å². The highest BCUT2D eigenvalue weighted by atomic mass is 35.5. The molecule has 23 heavy (non-hydrogen) atoms. The van der Waals surface area contributed by atoms with E-state index in [1.54, 1.807) is 6.07 Å². The molecule has 5 nitrogen and oxygen atoms in total. The highest BCUT2D eigenvalue weighted by Crippen LogP contribution is 2.32. The third-order valence-electron chi connectivity index (χ3n) is 4.14. The van der Waals surface area contributed by atoms with Crippen molar-refractivity contribution < 1.29 is 13.2 Å². The average Bonchev–Trinajstić information content (AvgIpc) is 2.32. The summed E-state index contributed by atoms with van der Waals surface area (Å²) in [5, 5.41) is 3.22. The van der Waals surface area contributed by atoms with E-state index >= 15 is 0 Å². The summed E-state index contributed by atoms with van der Waals surface area (Å²) in [6, 6.07) is 3.64. The number of amides is 1. The Balaban J connectivity index is 2.14. The number of hydrogen-bond acceptors (Lipinski definition) is 3. The molecule has 0 saturated heterocycles. The van der Waals surface area contributed by atoms with Crippen LogP contribution in [0.15, 0.2) is 12.1 Å². The molecule has 0 unspecified atom stereocenters. The molecule has 1 aliphatic carbocycles. The number of halogens is 1. The number of rotatable bonds is 6. The molecule has 0 heterocycles. The Morgan fingerprint density at radius 3 is 2.48 bits per heavy atom. The standard InChI is InChI=1S/C16H23ClN2O3S/c1-11-9-12(2)15(14(17)10-11)19(23(3,21)22)8-7-18-16(20)13-5-4-6-13/h9-10,13H,4-8H2,1-3H3,(H,18,20). The van der Waals surface area contributed by atoms with Gasteiger partial charge in [0.15, 0.2) is 0 Å². The third kappa shape index (κ3) is 4.38. The Morgan fingerprint density at radius 1 is 1.35 bits per heavy atom. The van der Waals surface area contributed by atoms with Crippen LogP contribution in [0.2, 0.25) is 5.02 Å². The Kier molecular flexibility index (Phi) is 5.57. The molecule has 0 spiro atoms. The van der Waals surface area contributed by atoms with Crippen LogP contribution in [0.4, 0.5) is 5.69 Å². The van der Waals surface area contributed by atoms with Crippen LogP contribution in [0.5, 0.6) is 0 Å². The van der Waals surface area contributed by atoms with Gasteiger partial charge < -0.3 is 5.32 Å². The number of nitrogens with one attached hydrogen (secondary N) is 1. The van der Waals surface area contributed by atoms with Crippen molar-refractivity contribution in [3.8, 4) is 0 Å². The van der Waals surface area contributed by atoms with Crippen molar-refractivity contribution in [1.82, 2.24) is 5.32 Å². The summed E-state index contributed by atoms with van der Waals surface area (Å²) in [6.45, 7) is 4.18. The molecule has 0 aromatic heterocycles. The lowest BCUT2D eigenvalue weighted by Crippen LogP contribution is -2.41. The Morgan fingerprint density at radius 2 is 2.00 bits per heavy atom. The van der Waals surface area contributed by atoms with Gasteiger partial charge in [-0.3, -0.25) is 9.10 Å². The van der Waals surface area contributed by atoms with Crippen molar-refractivity contribution in [2.24, 2.45) is 5.92 Å². The lowest BCUT2D eigenvalue weighted by molar-refractivity contribution is -0.127. The zero-order valence-corrected chi connectivity index (χ0v) is 15.3. The lowest BCUT2D eigenvalue weighted by Gasteiger charge is -2.27. The summed E-state index contributed by atoms with van der Waals surface area (Å²) in [5.41, 5.74) is 2.26. The predicted octanol–water partition coefficient (Wildman–Crippen LogP) is 2.64. The SMILES string of the molecule is Cc1cc(C)c(N(CCNC(=O)C2CCC2)S(C)(=O)=O)c(Cl)c1. The zero-order valence-electron chi connectivity index (χ0n) is 13.7. The van der Waals surface area contributed by atoms with E-state index in [1.165, 1.54) is 4.31 Å². The topological polar surface area (TPSA) is 66.5 Å². The maximum absolute atomic E-state index is 12.2. The van der Waals surface area contributed by atoms with Crippen LogP contribution in [0.25, 0.3) is 0 Å². The van der Waals surface area contributed by atoms with Gasteiger partial charge in [0.05, 0.1) is 23.5 Å². The van der Waals surface area contributed by atoms with Crippen molar-refractivity contribution in [3.05, 3.63) is 28.3 Å². The van der Waals surface area contributed by atoms with Crippen LogP contribution in [0.3, 0.4) is 0 Å². The maximum atomic E-state index is 12.2. The van der Waals surface area contributed by atoms with E-state index in [1.807, 2.05) is 19.9 Å². The van der Waals surface area contributed by atoms with Crippen LogP contribution < -0.4 is 9.62 Å². The molecule has 1 aliphatic rings.